The van der Waals surface area contributed by atoms with Crippen LogP contribution in [0.15, 0.2) is 10.7 Å². The van der Waals surface area contributed by atoms with Crippen molar-refractivity contribution >= 4 is 15.9 Å². The van der Waals surface area contributed by atoms with E-state index in [1.54, 1.807) is 0 Å². The predicted octanol–water partition coefficient (Wildman–Crippen LogP) is 1.39. The second-order valence-corrected chi connectivity index (χ2v) is 5.65. The smallest absolute Gasteiger partial charge is 0.0910 e. The zero-order valence-electron chi connectivity index (χ0n) is 11.0. The second-order valence-electron chi connectivity index (χ2n) is 4.80. The Morgan fingerprint density at radius 3 is 3.11 bits per heavy atom. The van der Waals surface area contributed by atoms with Gasteiger partial charge in [-0.25, -0.2) is 0 Å². The van der Waals surface area contributed by atoms with E-state index in [0.29, 0.717) is 0 Å². The summed E-state index contributed by atoms with van der Waals surface area (Å²) in [5.41, 5.74) is 7.40. The first-order valence-electron chi connectivity index (χ1n) is 6.40. The van der Waals surface area contributed by atoms with Crippen LogP contribution in [-0.4, -0.2) is 47.5 Å². The summed E-state index contributed by atoms with van der Waals surface area (Å²) in [5, 5.41) is 4.36. The highest BCUT2D eigenvalue weighted by molar-refractivity contribution is 9.10. The Bertz CT molecular complexity index is 395. The van der Waals surface area contributed by atoms with Gasteiger partial charge in [0.05, 0.1) is 35.1 Å². The quantitative estimate of drug-likeness (QED) is 0.912. The van der Waals surface area contributed by atoms with Crippen molar-refractivity contribution in [2.75, 3.05) is 26.7 Å². The van der Waals surface area contributed by atoms with E-state index in [4.69, 9.17) is 10.5 Å². The molecule has 2 rings (SSSR count). The van der Waals surface area contributed by atoms with Gasteiger partial charge in [0.2, 0.25) is 0 Å². The van der Waals surface area contributed by atoms with Crippen molar-refractivity contribution in [3.63, 3.8) is 0 Å². The van der Waals surface area contributed by atoms with E-state index in [2.05, 4.69) is 39.9 Å². The lowest BCUT2D eigenvalue weighted by Crippen LogP contribution is -2.45. The van der Waals surface area contributed by atoms with E-state index in [1.165, 1.54) is 0 Å². The molecule has 0 aliphatic carbocycles. The average molecular weight is 317 g/mol. The molecule has 6 heteroatoms. The zero-order valence-corrected chi connectivity index (χ0v) is 12.6. The van der Waals surface area contributed by atoms with E-state index in [0.717, 1.165) is 42.8 Å². The lowest BCUT2D eigenvalue weighted by atomic mass is 10.1. The second kappa shape index (κ2) is 6.14. The third-order valence-electron chi connectivity index (χ3n) is 3.28. The van der Waals surface area contributed by atoms with Crippen LogP contribution in [0.5, 0.6) is 0 Å². The molecule has 2 N–H and O–H groups in total. The van der Waals surface area contributed by atoms with Crippen molar-refractivity contribution in [1.29, 1.82) is 0 Å². The Morgan fingerprint density at radius 2 is 2.44 bits per heavy atom. The minimum atomic E-state index is -0.142. The van der Waals surface area contributed by atoms with E-state index in [1.807, 2.05) is 10.9 Å². The summed E-state index contributed by atoms with van der Waals surface area (Å²) in [5.74, 6) is 0. The Morgan fingerprint density at radius 1 is 1.67 bits per heavy atom. The monoisotopic (exact) mass is 316 g/mol. The normalized spacial score (nSPS) is 23.2. The molecule has 2 unspecified atom stereocenters. The summed E-state index contributed by atoms with van der Waals surface area (Å²) in [6.07, 6.45) is 2.89. The highest BCUT2D eigenvalue weighted by atomic mass is 79.9. The van der Waals surface area contributed by atoms with Gasteiger partial charge in [-0.2, -0.15) is 5.10 Å². The number of aryl methyl sites for hydroxylation is 1. The first kappa shape index (κ1) is 14.0. The number of halogens is 1. The van der Waals surface area contributed by atoms with Gasteiger partial charge in [-0.05, 0) is 29.4 Å². The molecule has 0 saturated carbocycles. The summed E-state index contributed by atoms with van der Waals surface area (Å²) in [6, 6.07) is -0.142. The van der Waals surface area contributed by atoms with Gasteiger partial charge in [0.1, 0.15) is 0 Å². The molecule has 1 aromatic rings. The fraction of sp³-hybridized carbons (Fsp3) is 0.750. The van der Waals surface area contributed by atoms with Crippen molar-refractivity contribution in [2.24, 2.45) is 5.73 Å². The number of likely N-dealkylation sites (N-methyl/N-ethyl adjacent to an activating group) is 1. The third-order valence-corrected chi connectivity index (χ3v) is 3.89. The van der Waals surface area contributed by atoms with Gasteiger partial charge in [0.15, 0.2) is 0 Å². The molecule has 0 aromatic carbocycles. The Labute approximate surface area is 116 Å². The highest BCUT2D eigenvalue weighted by Gasteiger charge is 2.29. The molecule has 1 aliphatic heterocycles. The molecular formula is C12H21BrN4O. The zero-order chi connectivity index (χ0) is 13.1. The molecule has 1 fully saturated rings. The van der Waals surface area contributed by atoms with Crippen LogP contribution < -0.4 is 5.73 Å². The van der Waals surface area contributed by atoms with Crippen molar-refractivity contribution < 1.29 is 4.74 Å². The van der Waals surface area contributed by atoms with Crippen LogP contribution in [0.4, 0.5) is 0 Å². The maximum Gasteiger partial charge on any atom is 0.0910 e. The van der Waals surface area contributed by atoms with Gasteiger partial charge in [-0.15, -0.1) is 0 Å². The maximum absolute atomic E-state index is 6.37. The number of nitrogens with zero attached hydrogens (tertiary/aromatic N) is 3. The molecule has 0 radical (unpaired) electrons. The largest absolute Gasteiger partial charge is 0.374 e. The fourth-order valence-electron chi connectivity index (χ4n) is 2.30. The van der Waals surface area contributed by atoms with Gasteiger partial charge in [0, 0.05) is 19.6 Å². The van der Waals surface area contributed by atoms with Crippen LogP contribution in [0.3, 0.4) is 0 Å². The molecule has 1 aromatic heterocycles. The summed E-state index contributed by atoms with van der Waals surface area (Å²) in [6.45, 7) is 5.60. The number of rotatable bonds is 4. The molecule has 0 bridgehead atoms. The van der Waals surface area contributed by atoms with E-state index < -0.39 is 0 Å². The molecular weight excluding hydrogens is 296 g/mol. The summed E-state index contributed by atoms with van der Waals surface area (Å²) in [7, 11) is 2.10. The van der Waals surface area contributed by atoms with Gasteiger partial charge < -0.3 is 15.4 Å². The number of nitrogens with two attached hydrogens (primary N) is 1. The van der Waals surface area contributed by atoms with Gasteiger partial charge in [0.25, 0.3) is 0 Å². The SMILES string of the molecule is CCCn1ncc(Br)c1C(N)C1CN(C)CCO1. The van der Waals surface area contributed by atoms with Crippen molar-refractivity contribution in [1.82, 2.24) is 14.7 Å². The molecule has 1 aliphatic rings. The minimum absolute atomic E-state index is 0.0346. The van der Waals surface area contributed by atoms with E-state index in [9.17, 15) is 0 Å². The van der Waals surface area contributed by atoms with Crippen LogP contribution >= 0.6 is 15.9 Å². The molecule has 0 spiro atoms. The van der Waals surface area contributed by atoms with Crippen LogP contribution in [0.25, 0.3) is 0 Å². The van der Waals surface area contributed by atoms with E-state index >= 15 is 0 Å². The van der Waals surface area contributed by atoms with Gasteiger partial charge >= 0.3 is 0 Å². The molecule has 2 heterocycles. The topological polar surface area (TPSA) is 56.3 Å². The van der Waals surface area contributed by atoms with Crippen LogP contribution in [-0.2, 0) is 11.3 Å². The van der Waals surface area contributed by atoms with Crippen molar-refractivity contribution in [3.8, 4) is 0 Å². The van der Waals surface area contributed by atoms with E-state index in [-0.39, 0.29) is 12.1 Å². The number of hydrogen-bond donors (Lipinski definition) is 1. The van der Waals surface area contributed by atoms with Gasteiger partial charge in [-0.1, -0.05) is 6.92 Å². The molecule has 5 nitrogen and oxygen atoms in total. The number of morpholine rings is 1. The number of aromatic nitrogens is 2. The molecule has 102 valence electrons. The highest BCUT2D eigenvalue weighted by Crippen LogP contribution is 2.26. The molecule has 0 amide bonds. The van der Waals surface area contributed by atoms with Crippen LogP contribution in [0, 0.1) is 0 Å². The standard InChI is InChI=1S/C12H21BrN4O/c1-3-4-17-12(9(13)7-15-17)11(14)10-8-16(2)5-6-18-10/h7,10-11H,3-6,8,14H2,1-2H3. The minimum Gasteiger partial charge on any atom is -0.374 e. The summed E-state index contributed by atoms with van der Waals surface area (Å²) < 4.78 is 8.74. The number of hydrogen-bond acceptors (Lipinski definition) is 4. The maximum atomic E-state index is 6.37. The predicted molar refractivity (Wildman–Crippen MR) is 74.4 cm³/mol. The Balaban J connectivity index is 2.16. The van der Waals surface area contributed by atoms with Crippen LogP contribution in [0.2, 0.25) is 0 Å². The Hall–Kier alpha value is -0.430. The average Bonchev–Trinajstić information content (AvgIpc) is 2.70. The first-order valence-corrected chi connectivity index (χ1v) is 7.19. The fourth-order valence-corrected chi connectivity index (χ4v) is 2.86. The number of ether oxygens (including phenoxy) is 1. The first-order chi connectivity index (χ1) is 8.63. The lowest BCUT2D eigenvalue weighted by molar-refractivity contribution is -0.0340. The summed E-state index contributed by atoms with van der Waals surface area (Å²) >= 11 is 3.54. The molecule has 1 saturated heterocycles. The van der Waals surface area contributed by atoms with Gasteiger partial charge in [-0.3, -0.25) is 4.68 Å². The van der Waals surface area contributed by atoms with Crippen molar-refractivity contribution in [2.45, 2.75) is 32.0 Å². The lowest BCUT2D eigenvalue weighted by Gasteiger charge is -2.33. The molecule has 18 heavy (non-hydrogen) atoms. The molecule has 2 atom stereocenters. The summed E-state index contributed by atoms with van der Waals surface area (Å²) in [4.78, 5) is 2.25. The third kappa shape index (κ3) is 2.93. The van der Waals surface area contributed by atoms with Crippen LogP contribution in [0.1, 0.15) is 25.1 Å². The van der Waals surface area contributed by atoms with Crippen molar-refractivity contribution in [3.05, 3.63) is 16.4 Å². The Kier molecular flexibility index (Phi) is 4.77.